The summed E-state index contributed by atoms with van der Waals surface area (Å²) in [6, 6.07) is 12.1. The number of pyridine rings is 1. The first-order valence-corrected chi connectivity index (χ1v) is 17.0. The van der Waals surface area contributed by atoms with Crippen LogP contribution in [0.15, 0.2) is 42.6 Å². The van der Waals surface area contributed by atoms with Gasteiger partial charge in [0.2, 0.25) is 11.8 Å². The molecular formula is C36H47N5O4S. The summed E-state index contributed by atoms with van der Waals surface area (Å²) in [5.41, 5.74) is 4.33. The first-order valence-electron chi connectivity index (χ1n) is 16.2. The summed E-state index contributed by atoms with van der Waals surface area (Å²) in [5, 5.41) is 3.60. The molecule has 0 unspecified atom stereocenters. The first-order chi connectivity index (χ1) is 21.8. The number of carbonyl (C=O) groups is 3. The van der Waals surface area contributed by atoms with Crippen LogP contribution < -0.4 is 5.32 Å². The molecule has 2 aliphatic heterocycles. The fraction of sp³-hybridized carbons (Fsp3) is 0.500. The fourth-order valence-electron chi connectivity index (χ4n) is 5.98. The molecule has 1 aromatic carbocycles. The SMILES string of the molecule is CCC(C)(C)c1cc(C(=O)N2CCN(C)C(=O)C2(C)C)c(NC(=O)Cc2ccc(C)c(-c3ccc(CN4CCOCC4)nc3)c2)s1. The van der Waals surface area contributed by atoms with E-state index in [9.17, 15) is 14.4 Å². The van der Waals surface area contributed by atoms with Gasteiger partial charge in [0, 0.05) is 56.4 Å². The highest BCUT2D eigenvalue weighted by atomic mass is 32.1. The number of piperazine rings is 1. The molecule has 0 spiro atoms. The molecule has 3 amide bonds. The van der Waals surface area contributed by atoms with Crippen molar-refractivity contribution in [2.45, 2.75) is 71.9 Å². The number of rotatable bonds is 9. The third-order valence-corrected chi connectivity index (χ3v) is 10.9. The number of anilines is 1. The number of thiophene rings is 1. The van der Waals surface area contributed by atoms with Gasteiger partial charge in [-0.3, -0.25) is 24.3 Å². The molecule has 0 atom stereocenters. The number of nitrogens with one attached hydrogen (secondary N) is 1. The van der Waals surface area contributed by atoms with Crippen LogP contribution in [-0.2, 0) is 32.7 Å². The van der Waals surface area contributed by atoms with E-state index < -0.39 is 5.54 Å². The van der Waals surface area contributed by atoms with E-state index in [1.165, 1.54) is 11.3 Å². The number of nitrogens with zero attached hydrogens (tertiary/aromatic N) is 4. The number of benzene rings is 1. The Bertz CT molecular complexity index is 1590. The second-order valence-electron chi connectivity index (χ2n) is 13.6. The summed E-state index contributed by atoms with van der Waals surface area (Å²) in [6.07, 6.45) is 2.95. The van der Waals surface area contributed by atoms with E-state index >= 15 is 0 Å². The molecule has 3 aromatic rings. The number of hydrogen-bond acceptors (Lipinski definition) is 7. The van der Waals surface area contributed by atoms with E-state index in [0.29, 0.717) is 23.7 Å². The van der Waals surface area contributed by atoms with E-state index in [1.54, 1.807) is 30.7 Å². The Morgan fingerprint density at radius 2 is 1.80 bits per heavy atom. The molecule has 2 aliphatic rings. The van der Waals surface area contributed by atoms with Gasteiger partial charge in [0.25, 0.3) is 5.91 Å². The van der Waals surface area contributed by atoms with E-state index in [0.717, 1.165) is 72.1 Å². The van der Waals surface area contributed by atoms with Gasteiger partial charge in [0.05, 0.1) is 30.9 Å². The van der Waals surface area contributed by atoms with Gasteiger partial charge in [-0.1, -0.05) is 45.0 Å². The third-order valence-electron chi connectivity index (χ3n) is 9.51. The van der Waals surface area contributed by atoms with Crippen LogP contribution >= 0.6 is 11.3 Å². The zero-order chi connectivity index (χ0) is 33.2. The van der Waals surface area contributed by atoms with Crippen molar-refractivity contribution in [2.24, 2.45) is 0 Å². The van der Waals surface area contributed by atoms with Crippen molar-refractivity contribution < 1.29 is 19.1 Å². The van der Waals surface area contributed by atoms with Crippen molar-refractivity contribution >= 4 is 34.1 Å². The summed E-state index contributed by atoms with van der Waals surface area (Å²) >= 11 is 1.45. The van der Waals surface area contributed by atoms with E-state index in [1.807, 2.05) is 24.4 Å². The largest absolute Gasteiger partial charge is 0.379 e. The van der Waals surface area contributed by atoms with Gasteiger partial charge in [-0.15, -0.1) is 11.3 Å². The molecule has 2 fully saturated rings. The van der Waals surface area contributed by atoms with Gasteiger partial charge in [-0.05, 0) is 61.4 Å². The molecule has 246 valence electrons. The number of likely N-dealkylation sites (N-methyl/N-ethyl adjacent to an activating group) is 1. The minimum Gasteiger partial charge on any atom is -0.379 e. The van der Waals surface area contributed by atoms with Gasteiger partial charge < -0.3 is 19.9 Å². The molecule has 1 N–H and O–H groups in total. The fourth-order valence-corrected chi connectivity index (χ4v) is 7.22. The van der Waals surface area contributed by atoms with Crippen molar-refractivity contribution in [3.63, 3.8) is 0 Å². The molecule has 0 radical (unpaired) electrons. The van der Waals surface area contributed by atoms with Crippen molar-refractivity contribution in [1.82, 2.24) is 19.7 Å². The van der Waals surface area contributed by atoms with Crippen LogP contribution in [0, 0.1) is 6.92 Å². The summed E-state index contributed by atoms with van der Waals surface area (Å²) < 4.78 is 5.45. The predicted octanol–water partition coefficient (Wildman–Crippen LogP) is 5.51. The Balaban J connectivity index is 1.34. The Hall–Kier alpha value is -3.60. The lowest BCUT2D eigenvalue weighted by Crippen LogP contribution is -2.63. The lowest BCUT2D eigenvalue weighted by Gasteiger charge is -2.44. The average molecular weight is 646 g/mol. The maximum atomic E-state index is 14.0. The number of aromatic nitrogens is 1. The lowest BCUT2D eigenvalue weighted by molar-refractivity contribution is -0.144. The van der Waals surface area contributed by atoms with Crippen LogP contribution in [0.4, 0.5) is 5.00 Å². The summed E-state index contributed by atoms with van der Waals surface area (Å²) in [5.74, 6) is -0.531. The topological polar surface area (TPSA) is 95.1 Å². The van der Waals surface area contributed by atoms with Crippen LogP contribution in [0.5, 0.6) is 0 Å². The van der Waals surface area contributed by atoms with E-state index in [4.69, 9.17) is 9.72 Å². The Kier molecular flexibility index (Phi) is 10.0. The molecule has 2 saturated heterocycles. The highest BCUT2D eigenvalue weighted by Crippen LogP contribution is 2.39. The number of amides is 3. The molecule has 0 bridgehead atoms. The van der Waals surface area contributed by atoms with Crippen molar-refractivity contribution in [3.05, 3.63) is 69.9 Å². The summed E-state index contributed by atoms with van der Waals surface area (Å²) in [6.45, 7) is 17.1. The van der Waals surface area contributed by atoms with Crippen LogP contribution in [0.3, 0.4) is 0 Å². The second-order valence-corrected chi connectivity index (χ2v) is 14.7. The van der Waals surface area contributed by atoms with Gasteiger partial charge in [0.1, 0.15) is 10.5 Å². The second kappa shape index (κ2) is 13.6. The molecule has 9 nitrogen and oxygen atoms in total. The predicted molar refractivity (Wildman–Crippen MR) is 183 cm³/mol. The first kappa shape index (κ1) is 33.8. The Labute approximate surface area is 276 Å². The average Bonchev–Trinajstić information content (AvgIpc) is 3.46. The molecule has 0 saturated carbocycles. The highest BCUT2D eigenvalue weighted by Gasteiger charge is 2.44. The molecule has 4 heterocycles. The number of hydrogen-bond donors (Lipinski definition) is 1. The normalized spacial score (nSPS) is 17.3. The van der Waals surface area contributed by atoms with E-state index in [2.05, 4.69) is 56.1 Å². The smallest absolute Gasteiger partial charge is 0.257 e. The summed E-state index contributed by atoms with van der Waals surface area (Å²) in [4.78, 5) is 51.9. The molecule has 46 heavy (non-hydrogen) atoms. The van der Waals surface area contributed by atoms with Crippen LogP contribution in [-0.4, -0.2) is 89.4 Å². The molecule has 10 heteroatoms. The van der Waals surface area contributed by atoms with Crippen LogP contribution in [0.25, 0.3) is 11.1 Å². The monoisotopic (exact) mass is 645 g/mol. The van der Waals surface area contributed by atoms with Crippen molar-refractivity contribution in [3.8, 4) is 11.1 Å². The standard InChI is InChI=1S/C36H47N5O4S/c1-8-35(3,4)30-21-29(33(43)41-14-13-39(7)34(44)36(41,5)6)32(46-30)38-31(42)20-25-10-9-24(2)28(19-25)26-11-12-27(37-22-26)23-40-15-17-45-18-16-40/h9-12,19,21-22H,8,13-18,20,23H2,1-7H3,(H,38,42). The van der Waals surface area contributed by atoms with Crippen molar-refractivity contribution in [2.75, 3.05) is 51.8 Å². The Morgan fingerprint density at radius 1 is 1.07 bits per heavy atom. The quantitative estimate of drug-likeness (QED) is 0.330. The minimum atomic E-state index is -0.985. The summed E-state index contributed by atoms with van der Waals surface area (Å²) in [7, 11) is 1.76. The third kappa shape index (κ3) is 7.19. The molecule has 5 rings (SSSR count). The highest BCUT2D eigenvalue weighted by molar-refractivity contribution is 7.16. The van der Waals surface area contributed by atoms with E-state index in [-0.39, 0.29) is 29.6 Å². The zero-order valence-electron chi connectivity index (χ0n) is 28.2. The number of morpholine rings is 1. The Morgan fingerprint density at radius 3 is 2.48 bits per heavy atom. The lowest BCUT2D eigenvalue weighted by atomic mass is 9.88. The van der Waals surface area contributed by atoms with Gasteiger partial charge in [-0.25, -0.2) is 0 Å². The number of ether oxygens (including phenoxy) is 1. The molecular weight excluding hydrogens is 598 g/mol. The van der Waals surface area contributed by atoms with Crippen molar-refractivity contribution in [1.29, 1.82) is 0 Å². The molecule has 2 aromatic heterocycles. The van der Waals surface area contributed by atoms with Crippen LogP contribution in [0.1, 0.15) is 73.1 Å². The number of aryl methyl sites for hydroxylation is 1. The maximum absolute atomic E-state index is 14.0. The molecule has 0 aliphatic carbocycles. The minimum absolute atomic E-state index is 0.0980. The van der Waals surface area contributed by atoms with Gasteiger partial charge in [0.15, 0.2) is 0 Å². The maximum Gasteiger partial charge on any atom is 0.257 e. The number of carbonyl (C=O) groups excluding carboxylic acids is 3. The van der Waals surface area contributed by atoms with Gasteiger partial charge in [-0.2, -0.15) is 0 Å². The zero-order valence-corrected chi connectivity index (χ0v) is 29.1. The van der Waals surface area contributed by atoms with Crippen LogP contribution in [0.2, 0.25) is 0 Å². The van der Waals surface area contributed by atoms with Gasteiger partial charge >= 0.3 is 0 Å².